The van der Waals surface area contributed by atoms with Crippen molar-refractivity contribution in [2.75, 3.05) is 13.2 Å². The third-order valence-corrected chi connectivity index (χ3v) is 12.0. The summed E-state index contributed by atoms with van der Waals surface area (Å²) < 4.78 is 84.1. The first-order valence-electron chi connectivity index (χ1n) is 17.9. The van der Waals surface area contributed by atoms with Crippen LogP contribution in [-0.2, 0) is 35.6 Å². The molecule has 3 fully saturated rings. The molecule has 294 valence electrons. The van der Waals surface area contributed by atoms with Gasteiger partial charge in [0.2, 0.25) is 27.7 Å². The second-order valence-corrected chi connectivity index (χ2v) is 17.4. The maximum absolute atomic E-state index is 14.4. The number of aryl methyl sites for hydroxylation is 1. The smallest absolute Gasteiger partial charge is 0.472 e. The molecule has 2 saturated carbocycles. The molecule has 0 spiro atoms. The molecule has 18 heteroatoms. The average Bonchev–Trinajstić information content (AvgIpc) is 4.00. The second-order valence-electron chi connectivity index (χ2n) is 15.4. The molecule has 1 aromatic heterocycles. The minimum Gasteiger partial charge on any atom is -0.472 e. The zero-order valence-electron chi connectivity index (χ0n) is 30.2. The molecule has 54 heavy (non-hydrogen) atoms. The lowest BCUT2D eigenvalue weighted by molar-refractivity contribution is -0.274. The number of aromatic nitrogens is 1. The lowest BCUT2D eigenvalue weighted by atomic mass is 9.85. The molecular formula is C36H44F3N5O9S. The van der Waals surface area contributed by atoms with Gasteiger partial charge < -0.3 is 29.7 Å². The van der Waals surface area contributed by atoms with Gasteiger partial charge in [-0.05, 0) is 74.1 Å². The third-order valence-electron chi connectivity index (χ3n) is 10.2. The lowest BCUT2D eigenvalue weighted by Gasteiger charge is -2.35. The van der Waals surface area contributed by atoms with E-state index in [2.05, 4.69) is 31.7 Å². The fourth-order valence-electron chi connectivity index (χ4n) is 7.03. The summed E-state index contributed by atoms with van der Waals surface area (Å²) in [6, 6.07) is 1.85. The van der Waals surface area contributed by atoms with Gasteiger partial charge in [-0.1, -0.05) is 26.8 Å². The van der Waals surface area contributed by atoms with E-state index < -0.39 is 86.3 Å². The van der Waals surface area contributed by atoms with Crippen molar-refractivity contribution in [3.05, 3.63) is 42.6 Å². The van der Waals surface area contributed by atoms with E-state index in [4.69, 9.17) is 9.47 Å². The minimum atomic E-state index is -4.99. The fraction of sp³-hybridized carbons (Fsp3) is 0.583. The molecule has 6 rings (SSSR count). The SMILES string of the molecule is C=C[C@H]1C[C@]1(NC(=O)[C@@H]1C[C@@H]2CN1C(=O)[C@H](C(C)(C)C)NC(=O)OCCCCCc1cc(OC(F)(F)F)c3ccnc(c3c1)O2)C(=O)NS(=O)(=O)C1CC1. The maximum atomic E-state index is 14.4. The zero-order valence-corrected chi connectivity index (χ0v) is 31.0. The number of sulfonamides is 1. The van der Waals surface area contributed by atoms with Gasteiger partial charge in [0, 0.05) is 29.3 Å². The topological polar surface area (TPSA) is 182 Å². The van der Waals surface area contributed by atoms with E-state index in [1.54, 1.807) is 26.8 Å². The number of carbonyl (C=O) groups excluding carboxylic acids is 4. The Labute approximate surface area is 310 Å². The van der Waals surface area contributed by atoms with Crippen LogP contribution in [0, 0.1) is 11.3 Å². The van der Waals surface area contributed by atoms with Crippen LogP contribution in [0.1, 0.15) is 71.3 Å². The third kappa shape index (κ3) is 8.52. The van der Waals surface area contributed by atoms with Gasteiger partial charge in [-0.25, -0.2) is 18.2 Å². The van der Waals surface area contributed by atoms with E-state index in [0.29, 0.717) is 44.1 Å². The Kier molecular flexibility index (Phi) is 10.5. The molecule has 0 radical (unpaired) electrons. The summed E-state index contributed by atoms with van der Waals surface area (Å²) in [4.78, 5) is 60.6. The summed E-state index contributed by atoms with van der Waals surface area (Å²) in [5.41, 5.74) is -2.02. The highest BCUT2D eigenvalue weighted by Gasteiger charge is 2.62. The number of nitrogens with zero attached hydrogens (tertiary/aromatic N) is 2. The highest BCUT2D eigenvalue weighted by molar-refractivity contribution is 7.91. The largest absolute Gasteiger partial charge is 0.573 e. The predicted octanol–water partition coefficient (Wildman–Crippen LogP) is 4.02. The molecule has 14 nitrogen and oxygen atoms in total. The molecule has 2 aliphatic carbocycles. The summed E-state index contributed by atoms with van der Waals surface area (Å²) in [6.07, 6.45) is -1.42. The number of carbonyl (C=O) groups is 4. The molecule has 3 heterocycles. The molecule has 2 aromatic rings. The zero-order chi connectivity index (χ0) is 39.2. The standard InChI is InChI=1S/C36H44F3N5O9S/c1-5-21-18-35(21,32(47)43-54(49,50)23-10-11-23)42-29(45)26-17-22-19-44(26)31(46)28(34(2,3)4)41-33(48)51-14-8-6-7-9-20-15-25-24(12-13-40-30(25)52-22)27(16-20)53-36(37,38)39/h5,12-13,15-16,21-23,26,28H,1,6-11,14,17-19H2,2-4H3,(H,41,48)(H,42,45)(H,43,47)/t21-,22+,26-,28+,35+/m0/s1. The number of halogens is 3. The Balaban J connectivity index is 1.36. The number of amides is 4. The van der Waals surface area contributed by atoms with Crippen molar-refractivity contribution in [2.45, 2.75) is 107 Å². The van der Waals surface area contributed by atoms with Crippen LogP contribution in [0.5, 0.6) is 11.6 Å². The summed E-state index contributed by atoms with van der Waals surface area (Å²) in [7, 11) is -3.96. The highest BCUT2D eigenvalue weighted by atomic mass is 32.2. The van der Waals surface area contributed by atoms with Crippen LogP contribution >= 0.6 is 0 Å². The Bertz CT molecular complexity index is 1950. The summed E-state index contributed by atoms with van der Waals surface area (Å²) in [5, 5.41) is 4.96. The van der Waals surface area contributed by atoms with E-state index in [9.17, 15) is 40.8 Å². The van der Waals surface area contributed by atoms with E-state index >= 15 is 0 Å². The van der Waals surface area contributed by atoms with Gasteiger partial charge in [-0.3, -0.25) is 19.1 Å². The molecular weight excluding hydrogens is 735 g/mol. The molecule has 1 aromatic carbocycles. The summed E-state index contributed by atoms with van der Waals surface area (Å²) in [6.45, 7) is 8.68. The average molecular weight is 780 g/mol. The van der Waals surface area contributed by atoms with Gasteiger partial charge in [-0.15, -0.1) is 19.8 Å². The number of hydrogen-bond donors (Lipinski definition) is 3. The second kappa shape index (κ2) is 14.6. The number of alkyl carbamates (subject to hydrolysis) is 1. The molecule has 5 atom stereocenters. The number of alkyl halides is 3. The van der Waals surface area contributed by atoms with Crippen molar-refractivity contribution in [1.82, 2.24) is 25.2 Å². The number of ether oxygens (including phenoxy) is 3. The normalized spacial score (nSPS) is 26.8. The number of fused-ring (bicyclic) bond motifs is 3. The van der Waals surface area contributed by atoms with Crippen molar-refractivity contribution in [3.63, 3.8) is 0 Å². The number of pyridine rings is 1. The first-order chi connectivity index (χ1) is 25.3. The van der Waals surface area contributed by atoms with Crippen LogP contribution in [0.3, 0.4) is 0 Å². The minimum absolute atomic E-state index is 0.0147. The number of cyclic esters (lactones) is 1. The molecule has 1 saturated heterocycles. The Morgan fingerprint density at radius 1 is 1.13 bits per heavy atom. The number of benzene rings is 1. The van der Waals surface area contributed by atoms with Crippen molar-refractivity contribution in [1.29, 1.82) is 0 Å². The maximum Gasteiger partial charge on any atom is 0.573 e. The van der Waals surface area contributed by atoms with E-state index in [1.807, 2.05) is 0 Å². The van der Waals surface area contributed by atoms with Gasteiger partial charge in [0.15, 0.2) is 0 Å². The van der Waals surface area contributed by atoms with E-state index in [1.165, 1.54) is 29.3 Å². The lowest BCUT2D eigenvalue weighted by Crippen LogP contribution is -2.60. The quantitative estimate of drug-likeness (QED) is 0.348. The predicted molar refractivity (Wildman–Crippen MR) is 188 cm³/mol. The van der Waals surface area contributed by atoms with Crippen LogP contribution in [-0.4, -0.2) is 90.6 Å². The summed E-state index contributed by atoms with van der Waals surface area (Å²) in [5.74, 6) is -3.46. The number of hydrogen-bond acceptors (Lipinski definition) is 10. The van der Waals surface area contributed by atoms with Crippen LogP contribution in [0.2, 0.25) is 0 Å². The Morgan fingerprint density at radius 2 is 1.87 bits per heavy atom. The number of rotatable bonds is 7. The molecule has 0 unspecified atom stereocenters. The number of nitrogens with one attached hydrogen (secondary N) is 3. The molecule has 2 aliphatic heterocycles. The van der Waals surface area contributed by atoms with E-state index in [-0.39, 0.29) is 42.6 Å². The first-order valence-corrected chi connectivity index (χ1v) is 19.4. The highest BCUT2D eigenvalue weighted by Crippen LogP contribution is 2.46. The monoisotopic (exact) mass is 779 g/mol. The Hall–Kier alpha value is -4.61. The van der Waals surface area contributed by atoms with Crippen LogP contribution < -0.4 is 24.8 Å². The molecule has 4 bridgehead atoms. The summed E-state index contributed by atoms with van der Waals surface area (Å²) >= 11 is 0. The van der Waals surface area contributed by atoms with Crippen molar-refractivity contribution >= 4 is 44.6 Å². The van der Waals surface area contributed by atoms with Crippen molar-refractivity contribution in [3.8, 4) is 11.6 Å². The van der Waals surface area contributed by atoms with Crippen LogP contribution in [0.15, 0.2) is 37.1 Å². The fourth-order valence-corrected chi connectivity index (χ4v) is 8.39. The van der Waals surface area contributed by atoms with Gasteiger partial charge >= 0.3 is 12.5 Å². The van der Waals surface area contributed by atoms with Crippen molar-refractivity contribution in [2.24, 2.45) is 11.3 Å². The molecule has 4 amide bonds. The van der Waals surface area contributed by atoms with Crippen LogP contribution in [0.4, 0.5) is 18.0 Å². The van der Waals surface area contributed by atoms with Gasteiger partial charge in [0.1, 0.15) is 29.5 Å². The molecule has 3 N–H and O–H groups in total. The Morgan fingerprint density at radius 3 is 2.52 bits per heavy atom. The van der Waals surface area contributed by atoms with E-state index in [0.717, 1.165) is 0 Å². The van der Waals surface area contributed by atoms with Crippen LogP contribution in [0.25, 0.3) is 10.8 Å². The van der Waals surface area contributed by atoms with Gasteiger partial charge in [-0.2, -0.15) is 0 Å². The molecule has 4 aliphatic rings. The first kappa shape index (κ1) is 39.1. The van der Waals surface area contributed by atoms with Gasteiger partial charge in [0.25, 0.3) is 5.91 Å². The van der Waals surface area contributed by atoms with Gasteiger partial charge in [0.05, 0.1) is 18.4 Å². The van der Waals surface area contributed by atoms with Crippen molar-refractivity contribution < 1.29 is 55.0 Å².